The molecule has 0 unspecified atom stereocenters. The van der Waals surface area contributed by atoms with E-state index in [4.69, 9.17) is 27.9 Å². The SMILES string of the molecule is CN(C(=O)COc1cccc(Cl)c1Cl)c1ccccc1. The van der Waals surface area contributed by atoms with Crippen molar-refractivity contribution in [1.82, 2.24) is 0 Å². The van der Waals surface area contributed by atoms with Gasteiger partial charge in [0, 0.05) is 12.7 Å². The van der Waals surface area contributed by atoms with Crippen molar-refractivity contribution in [2.75, 3.05) is 18.6 Å². The number of benzene rings is 2. The number of likely N-dealkylation sites (N-methyl/N-ethyl adjacent to an activating group) is 1. The third-order valence-corrected chi connectivity index (χ3v) is 3.59. The van der Waals surface area contributed by atoms with Crippen LogP contribution in [0.1, 0.15) is 0 Å². The molecular formula is C15H13Cl2NO2. The van der Waals surface area contributed by atoms with Crippen molar-refractivity contribution in [3.05, 3.63) is 58.6 Å². The second-order valence-corrected chi connectivity index (χ2v) is 4.91. The van der Waals surface area contributed by atoms with E-state index >= 15 is 0 Å². The highest BCUT2D eigenvalue weighted by Crippen LogP contribution is 2.31. The van der Waals surface area contributed by atoms with Crippen LogP contribution in [0.25, 0.3) is 0 Å². The maximum absolute atomic E-state index is 12.0. The van der Waals surface area contributed by atoms with E-state index in [0.29, 0.717) is 15.8 Å². The van der Waals surface area contributed by atoms with Gasteiger partial charge >= 0.3 is 0 Å². The Labute approximate surface area is 127 Å². The molecule has 2 rings (SSSR count). The predicted molar refractivity (Wildman–Crippen MR) is 81.8 cm³/mol. The summed E-state index contributed by atoms with van der Waals surface area (Å²) in [5.74, 6) is 0.223. The Hall–Kier alpha value is -1.71. The first-order valence-corrected chi connectivity index (χ1v) is 6.73. The van der Waals surface area contributed by atoms with E-state index in [0.717, 1.165) is 5.69 Å². The minimum Gasteiger partial charge on any atom is -0.482 e. The number of carbonyl (C=O) groups excluding carboxylic acids is 1. The first-order chi connectivity index (χ1) is 9.59. The van der Waals surface area contributed by atoms with Crippen LogP contribution in [-0.2, 0) is 4.79 Å². The number of amides is 1. The number of hydrogen-bond donors (Lipinski definition) is 0. The number of para-hydroxylation sites is 1. The highest BCUT2D eigenvalue weighted by atomic mass is 35.5. The molecule has 0 aliphatic rings. The number of anilines is 1. The lowest BCUT2D eigenvalue weighted by Crippen LogP contribution is -2.31. The third-order valence-electron chi connectivity index (χ3n) is 2.78. The molecule has 0 spiro atoms. The maximum atomic E-state index is 12.0. The summed E-state index contributed by atoms with van der Waals surface area (Å²) in [5.41, 5.74) is 0.804. The standard InChI is InChI=1S/C15H13Cl2NO2/c1-18(11-6-3-2-4-7-11)14(19)10-20-13-9-5-8-12(16)15(13)17/h2-9H,10H2,1H3. The fourth-order valence-electron chi connectivity index (χ4n) is 1.63. The van der Waals surface area contributed by atoms with Crippen molar-refractivity contribution < 1.29 is 9.53 Å². The molecule has 5 heteroatoms. The van der Waals surface area contributed by atoms with Crippen LogP contribution in [0.15, 0.2) is 48.5 Å². The van der Waals surface area contributed by atoms with Crippen LogP contribution in [0, 0.1) is 0 Å². The van der Waals surface area contributed by atoms with Crippen molar-refractivity contribution in [2.45, 2.75) is 0 Å². The van der Waals surface area contributed by atoms with E-state index in [9.17, 15) is 4.79 Å². The minimum absolute atomic E-state index is 0.106. The zero-order valence-electron chi connectivity index (χ0n) is 10.8. The zero-order chi connectivity index (χ0) is 14.5. The fraction of sp³-hybridized carbons (Fsp3) is 0.133. The van der Waals surface area contributed by atoms with Crippen LogP contribution < -0.4 is 9.64 Å². The van der Waals surface area contributed by atoms with E-state index in [1.54, 1.807) is 25.2 Å². The molecule has 3 nitrogen and oxygen atoms in total. The first kappa shape index (κ1) is 14.7. The van der Waals surface area contributed by atoms with Gasteiger partial charge in [0.2, 0.25) is 0 Å². The Bertz CT molecular complexity index is 602. The highest BCUT2D eigenvalue weighted by Gasteiger charge is 2.13. The van der Waals surface area contributed by atoms with Gasteiger partial charge in [-0.1, -0.05) is 47.5 Å². The second-order valence-electron chi connectivity index (χ2n) is 4.13. The van der Waals surface area contributed by atoms with Crippen LogP contribution in [-0.4, -0.2) is 19.6 Å². The largest absolute Gasteiger partial charge is 0.482 e. The summed E-state index contributed by atoms with van der Waals surface area (Å²) in [6, 6.07) is 14.4. The molecule has 2 aromatic carbocycles. The van der Waals surface area contributed by atoms with Crippen molar-refractivity contribution in [2.24, 2.45) is 0 Å². The Balaban J connectivity index is 2.00. The van der Waals surface area contributed by atoms with E-state index in [1.807, 2.05) is 30.3 Å². The summed E-state index contributed by atoms with van der Waals surface area (Å²) < 4.78 is 5.41. The molecule has 0 bridgehead atoms. The molecule has 0 aliphatic carbocycles. The third kappa shape index (κ3) is 3.44. The van der Waals surface area contributed by atoms with Crippen LogP contribution >= 0.6 is 23.2 Å². The minimum atomic E-state index is -0.174. The van der Waals surface area contributed by atoms with Gasteiger partial charge in [0.25, 0.3) is 5.91 Å². The van der Waals surface area contributed by atoms with E-state index < -0.39 is 0 Å². The van der Waals surface area contributed by atoms with Crippen molar-refractivity contribution in [3.63, 3.8) is 0 Å². The summed E-state index contributed by atoms with van der Waals surface area (Å²) >= 11 is 11.9. The molecule has 0 fully saturated rings. The summed E-state index contributed by atoms with van der Waals surface area (Å²) in [7, 11) is 1.70. The van der Waals surface area contributed by atoms with Crippen molar-refractivity contribution in [1.29, 1.82) is 0 Å². The average molecular weight is 310 g/mol. The monoisotopic (exact) mass is 309 g/mol. The van der Waals surface area contributed by atoms with Gasteiger partial charge in [-0.3, -0.25) is 4.79 Å². The lowest BCUT2D eigenvalue weighted by molar-refractivity contribution is -0.120. The summed E-state index contributed by atoms with van der Waals surface area (Å²) in [4.78, 5) is 13.6. The Kier molecular flexibility index (Phi) is 4.88. The lowest BCUT2D eigenvalue weighted by atomic mass is 10.3. The molecule has 1 amide bonds. The Morgan fingerprint density at radius 3 is 2.50 bits per heavy atom. The molecule has 0 N–H and O–H groups in total. The molecule has 0 aromatic heterocycles. The molecule has 0 atom stereocenters. The number of halogens is 2. The number of rotatable bonds is 4. The molecule has 104 valence electrons. The van der Waals surface area contributed by atoms with E-state index in [1.165, 1.54) is 4.90 Å². The van der Waals surface area contributed by atoms with Gasteiger partial charge in [0.05, 0.1) is 5.02 Å². The summed E-state index contributed by atoms with van der Waals surface area (Å²) in [6.07, 6.45) is 0. The summed E-state index contributed by atoms with van der Waals surface area (Å²) in [6.45, 7) is -0.106. The molecule has 20 heavy (non-hydrogen) atoms. The molecule has 0 radical (unpaired) electrons. The fourth-order valence-corrected chi connectivity index (χ4v) is 1.97. The van der Waals surface area contributed by atoms with Crippen LogP contribution in [0.5, 0.6) is 5.75 Å². The highest BCUT2D eigenvalue weighted by molar-refractivity contribution is 6.42. The smallest absolute Gasteiger partial charge is 0.264 e. The lowest BCUT2D eigenvalue weighted by Gasteiger charge is -2.17. The number of nitrogens with zero attached hydrogens (tertiary/aromatic N) is 1. The molecule has 0 saturated heterocycles. The predicted octanol–water partition coefficient (Wildman–Crippen LogP) is 4.04. The van der Waals surface area contributed by atoms with Gasteiger partial charge in [0.15, 0.2) is 6.61 Å². The molecular weight excluding hydrogens is 297 g/mol. The Morgan fingerprint density at radius 1 is 1.10 bits per heavy atom. The molecule has 2 aromatic rings. The molecule has 0 heterocycles. The maximum Gasteiger partial charge on any atom is 0.264 e. The number of ether oxygens (including phenoxy) is 1. The molecule has 0 aliphatic heterocycles. The van der Waals surface area contributed by atoms with E-state index in [-0.39, 0.29) is 12.5 Å². The van der Waals surface area contributed by atoms with Crippen molar-refractivity contribution >= 4 is 34.8 Å². The van der Waals surface area contributed by atoms with Crippen LogP contribution in [0.3, 0.4) is 0 Å². The average Bonchev–Trinajstić information content (AvgIpc) is 2.48. The van der Waals surface area contributed by atoms with Gasteiger partial charge in [-0.05, 0) is 24.3 Å². The topological polar surface area (TPSA) is 29.5 Å². The molecule has 0 saturated carbocycles. The van der Waals surface area contributed by atoms with Crippen LogP contribution in [0.4, 0.5) is 5.69 Å². The van der Waals surface area contributed by atoms with Gasteiger partial charge in [0.1, 0.15) is 10.8 Å². The van der Waals surface area contributed by atoms with Gasteiger partial charge < -0.3 is 9.64 Å². The summed E-state index contributed by atoms with van der Waals surface area (Å²) in [5, 5.41) is 0.706. The van der Waals surface area contributed by atoms with Gasteiger partial charge in [-0.25, -0.2) is 0 Å². The number of carbonyl (C=O) groups is 1. The quantitative estimate of drug-likeness (QED) is 0.853. The van der Waals surface area contributed by atoms with Crippen LogP contribution in [0.2, 0.25) is 10.0 Å². The zero-order valence-corrected chi connectivity index (χ0v) is 12.4. The van der Waals surface area contributed by atoms with Crippen molar-refractivity contribution in [3.8, 4) is 5.75 Å². The first-order valence-electron chi connectivity index (χ1n) is 5.98. The second kappa shape index (κ2) is 6.64. The number of hydrogen-bond acceptors (Lipinski definition) is 2. The van der Waals surface area contributed by atoms with E-state index in [2.05, 4.69) is 0 Å². The van der Waals surface area contributed by atoms with Gasteiger partial charge in [-0.2, -0.15) is 0 Å². The van der Waals surface area contributed by atoms with Gasteiger partial charge in [-0.15, -0.1) is 0 Å². The normalized spacial score (nSPS) is 10.2. The Morgan fingerprint density at radius 2 is 1.80 bits per heavy atom.